The Labute approximate surface area is 129 Å². The highest BCUT2D eigenvalue weighted by atomic mass is 32.2. The number of anilines is 2. The summed E-state index contributed by atoms with van der Waals surface area (Å²) in [5.41, 5.74) is 1.06. The number of rotatable bonds is 8. The molecular formula is C15H26N4OS. The summed E-state index contributed by atoms with van der Waals surface area (Å²) in [5, 5.41) is 6.92. The molecule has 1 aliphatic rings. The van der Waals surface area contributed by atoms with E-state index in [4.69, 9.17) is 0 Å². The van der Waals surface area contributed by atoms with E-state index in [1.165, 1.54) is 12.8 Å². The summed E-state index contributed by atoms with van der Waals surface area (Å²) in [6.07, 6.45) is 5.02. The van der Waals surface area contributed by atoms with Crippen molar-refractivity contribution >= 4 is 22.4 Å². The molecule has 1 aliphatic carbocycles. The zero-order chi connectivity index (χ0) is 15.4. The first-order valence-corrected chi connectivity index (χ1v) is 9.33. The van der Waals surface area contributed by atoms with Gasteiger partial charge in [0.1, 0.15) is 17.5 Å². The summed E-state index contributed by atoms with van der Waals surface area (Å²) < 4.78 is 11.4. The van der Waals surface area contributed by atoms with Gasteiger partial charge in [-0.3, -0.25) is 4.21 Å². The molecule has 1 heterocycles. The smallest absolute Gasteiger partial charge is 0.136 e. The van der Waals surface area contributed by atoms with Crippen LogP contribution in [0.25, 0.3) is 0 Å². The zero-order valence-corrected chi connectivity index (χ0v) is 14.2. The third-order valence-corrected chi connectivity index (χ3v) is 5.23. The predicted octanol–water partition coefficient (Wildman–Crippen LogP) is 2.66. The van der Waals surface area contributed by atoms with Gasteiger partial charge < -0.3 is 10.6 Å². The molecular weight excluding hydrogens is 284 g/mol. The van der Waals surface area contributed by atoms with Crippen LogP contribution >= 0.6 is 0 Å². The summed E-state index contributed by atoms with van der Waals surface area (Å²) in [7, 11) is -0.768. The molecule has 1 aromatic heterocycles. The Kier molecular flexibility index (Phi) is 5.56. The third-order valence-electron chi connectivity index (χ3n) is 3.86. The third kappa shape index (κ3) is 4.40. The van der Waals surface area contributed by atoms with Gasteiger partial charge in [0, 0.05) is 46.9 Å². The van der Waals surface area contributed by atoms with Crippen LogP contribution in [0.5, 0.6) is 0 Å². The minimum Gasteiger partial charge on any atom is -0.370 e. The van der Waals surface area contributed by atoms with Crippen LogP contribution in [0.3, 0.4) is 0 Å². The van der Waals surface area contributed by atoms with Crippen LogP contribution < -0.4 is 10.6 Å². The molecule has 5 nitrogen and oxygen atoms in total. The Morgan fingerprint density at radius 1 is 1.29 bits per heavy atom. The highest BCUT2D eigenvalue weighted by Gasteiger charge is 2.28. The average Bonchev–Trinajstić information content (AvgIpc) is 3.27. The van der Waals surface area contributed by atoms with Crippen molar-refractivity contribution in [3.05, 3.63) is 11.4 Å². The monoisotopic (exact) mass is 310 g/mol. The first kappa shape index (κ1) is 16.2. The lowest BCUT2D eigenvalue weighted by Crippen LogP contribution is -2.17. The average molecular weight is 310 g/mol. The van der Waals surface area contributed by atoms with Crippen molar-refractivity contribution in [2.45, 2.75) is 51.2 Å². The van der Waals surface area contributed by atoms with Crippen molar-refractivity contribution < 1.29 is 4.21 Å². The Balaban J connectivity index is 2.07. The lowest BCUT2D eigenvalue weighted by atomic mass is 10.2. The van der Waals surface area contributed by atoms with Gasteiger partial charge in [-0.25, -0.2) is 9.97 Å². The number of nitrogens with zero attached hydrogens (tertiary/aromatic N) is 2. The van der Waals surface area contributed by atoms with Crippen LogP contribution in [-0.4, -0.2) is 38.8 Å². The van der Waals surface area contributed by atoms with Gasteiger partial charge in [-0.05, 0) is 33.1 Å². The molecule has 118 valence electrons. The predicted molar refractivity (Wildman–Crippen MR) is 89.5 cm³/mol. The second-order valence-electron chi connectivity index (χ2n) is 5.73. The number of aromatic nitrogens is 2. The molecule has 0 aliphatic heterocycles. The fraction of sp³-hybridized carbons (Fsp3) is 0.733. The normalized spacial score (nSPS) is 17.3. The minimum atomic E-state index is -0.768. The fourth-order valence-corrected chi connectivity index (χ4v) is 2.58. The highest BCUT2D eigenvalue weighted by molar-refractivity contribution is 7.84. The van der Waals surface area contributed by atoms with Crippen LogP contribution in [0.2, 0.25) is 0 Å². The van der Waals surface area contributed by atoms with Gasteiger partial charge in [0.2, 0.25) is 0 Å². The van der Waals surface area contributed by atoms with Gasteiger partial charge in [0.05, 0.1) is 0 Å². The lowest BCUT2D eigenvalue weighted by Gasteiger charge is -2.15. The summed E-state index contributed by atoms with van der Waals surface area (Å²) in [6, 6.07) is 0. The molecule has 1 fully saturated rings. The maximum atomic E-state index is 11.4. The Morgan fingerprint density at radius 2 is 1.90 bits per heavy atom. The van der Waals surface area contributed by atoms with Gasteiger partial charge in [-0.1, -0.05) is 6.92 Å². The van der Waals surface area contributed by atoms with Gasteiger partial charge >= 0.3 is 0 Å². The quantitative estimate of drug-likeness (QED) is 0.772. The van der Waals surface area contributed by atoms with Crippen molar-refractivity contribution in [1.29, 1.82) is 0 Å². The number of hydrogen-bond acceptors (Lipinski definition) is 5. The minimum absolute atomic E-state index is 0.204. The standard InChI is InChI=1S/C15H26N4OS/c1-5-16-13-11(3)14(17-9-8-10(2)21(4)20)19-15(18-13)12-6-7-12/h10,12H,5-9H2,1-4H3,(H2,16,17,18,19). The first-order valence-electron chi connectivity index (χ1n) is 7.71. The fourth-order valence-electron chi connectivity index (χ4n) is 2.13. The van der Waals surface area contributed by atoms with Crippen LogP contribution in [0.15, 0.2) is 0 Å². The summed E-state index contributed by atoms with van der Waals surface area (Å²) in [6.45, 7) is 7.77. The first-order chi connectivity index (χ1) is 10.0. The molecule has 21 heavy (non-hydrogen) atoms. The molecule has 2 rings (SSSR count). The van der Waals surface area contributed by atoms with Crippen molar-refractivity contribution in [1.82, 2.24) is 9.97 Å². The molecule has 6 heteroatoms. The molecule has 1 aromatic rings. The van der Waals surface area contributed by atoms with Gasteiger partial charge in [0.25, 0.3) is 0 Å². The topological polar surface area (TPSA) is 66.9 Å². The van der Waals surface area contributed by atoms with E-state index >= 15 is 0 Å². The van der Waals surface area contributed by atoms with E-state index < -0.39 is 10.8 Å². The largest absolute Gasteiger partial charge is 0.370 e. The van der Waals surface area contributed by atoms with E-state index in [2.05, 4.69) is 27.5 Å². The van der Waals surface area contributed by atoms with Crippen molar-refractivity contribution in [3.63, 3.8) is 0 Å². The Hall–Kier alpha value is -1.17. The van der Waals surface area contributed by atoms with Crippen LogP contribution in [-0.2, 0) is 10.8 Å². The Morgan fingerprint density at radius 3 is 2.43 bits per heavy atom. The van der Waals surface area contributed by atoms with Crippen molar-refractivity contribution in [3.8, 4) is 0 Å². The highest BCUT2D eigenvalue weighted by Crippen LogP contribution is 2.39. The molecule has 0 aromatic carbocycles. The molecule has 0 amide bonds. The molecule has 0 spiro atoms. The number of hydrogen-bond donors (Lipinski definition) is 2. The maximum absolute atomic E-state index is 11.4. The van der Waals surface area contributed by atoms with Gasteiger partial charge in [0.15, 0.2) is 0 Å². The molecule has 2 N–H and O–H groups in total. The van der Waals surface area contributed by atoms with Gasteiger partial charge in [-0.2, -0.15) is 0 Å². The summed E-state index contributed by atoms with van der Waals surface area (Å²) >= 11 is 0. The van der Waals surface area contributed by atoms with E-state index in [-0.39, 0.29) is 5.25 Å². The molecule has 2 unspecified atom stereocenters. The van der Waals surface area contributed by atoms with E-state index in [1.807, 2.05) is 13.8 Å². The molecule has 0 saturated heterocycles. The van der Waals surface area contributed by atoms with Crippen LogP contribution in [0.4, 0.5) is 11.6 Å². The van der Waals surface area contributed by atoms with E-state index in [0.29, 0.717) is 5.92 Å². The number of nitrogens with one attached hydrogen (secondary N) is 2. The molecule has 0 bridgehead atoms. The summed E-state index contributed by atoms with van der Waals surface area (Å²) in [5.74, 6) is 3.33. The SMILES string of the molecule is CCNc1nc(C2CC2)nc(NCCC(C)S(C)=O)c1C. The second-order valence-corrected chi connectivity index (χ2v) is 7.54. The van der Waals surface area contributed by atoms with E-state index in [9.17, 15) is 4.21 Å². The van der Waals surface area contributed by atoms with E-state index in [0.717, 1.165) is 42.5 Å². The van der Waals surface area contributed by atoms with Gasteiger partial charge in [-0.15, -0.1) is 0 Å². The molecule has 0 radical (unpaired) electrons. The lowest BCUT2D eigenvalue weighted by molar-refractivity contribution is 0.672. The summed E-state index contributed by atoms with van der Waals surface area (Å²) in [4.78, 5) is 9.33. The van der Waals surface area contributed by atoms with Crippen LogP contribution in [0, 0.1) is 6.92 Å². The van der Waals surface area contributed by atoms with Crippen molar-refractivity contribution in [2.24, 2.45) is 0 Å². The Bertz CT molecular complexity index is 517. The second kappa shape index (κ2) is 7.20. The molecule has 2 atom stereocenters. The zero-order valence-electron chi connectivity index (χ0n) is 13.4. The van der Waals surface area contributed by atoms with Crippen molar-refractivity contribution in [2.75, 3.05) is 30.0 Å². The molecule has 1 saturated carbocycles. The van der Waals surface area contributed by atoms with E-state index in [1.54, 1.807) is 6.26 Å². The van der Waals surface area contributed by atoms with Crippen LogP contribution in [0.1, 0.15) is 50.4 Å². The maximum Gasteiger partial charge on any atom is 0.136 e.